The van der Waals surface area contributed by atoms with Crippen molar-refractivity contribution in [2.24, 2.45) is 35.3 Å². The zero-order valence-electron chi connectivity index (χ0n) is 10.6. The van der Waals surface area contributed by atoms with Crippen molar-refractivity contribution in [2.75, 3.05) is 0 Å². The first-order valence-corrected chi connectivity index (χ1v) is 7.10. The van der Waals surface area contributed by atoms with Crippen LogP contribution in [0.5, 0.6) is 0 Å². The molecule has 0 spiro atoms. The maximum Gasteiger partial charge on any atom is 0.321 e. The van der Waals surface area contributed by atoms with E-state index in [4.69, 9.17) is 10.8 Å². The summed E-state index contributed by atoms with van der Waals surface area (Å²) in [5, 5.41) is 8.73. The molecule has 0 aliphatic heterocycles. The van der Waals surface area contributed by atoms with Gasteiger partial charge in [0.2, 0.25) is 0 Å². The van der Waals surface area contributed by atoms with Gasteiger partial charge in [-0.1, -0.05) is 5.92 Å². The average molecular weight is 247 g/mol. The van der Waals surface area contributed by atoms with Crippen molar-refractivity contribution in [3.63, 3.8) is 0 Å². The molecule has 98 valence electrons. The van der Waals surface area contributed by atoms with Crippen LogP contribution in [0.25, 0.3) is 0 Å². The van der Waals surface area contributed by atoms with Crippen molar-refractivity contribution in [1.82, 2.24) is 0 Å². The van der Waals surface area contributed by atoms with Crippen molar-refractivity contribution in [3.05, 3.63) is 0 Å². The number of carboxylic acid groups (broad SMARTS) is 1. The summed E-state index contributed by atoms with van der Waals surface area (Å²) in [6.07, 6.45) is 7.18. The van der Waals surface area contributed by atoms with Crippen molar-refractivity contribution in [1.29, 1.82) is 0 Å². The minimum Gasteiger partial charge on any atom is -0.480 e. The Morgan fingerprint density at radius 2 is 1.72 bits per heavy atom. The highest BCUT2D eigenvalue weighted by Crippen LogP contribution is 2.56. The van der Waals surface area contributed by atoms with Gasteiger partial charge < -0.3 is 10.8 Å². The molecule has 4 bridgehead atoms. The van der Waals surface area contributed by atoms with E-state index in [0.717, 1.165) is 23.7 Å². The van der Waals surface area contributed by atoms with E-state index in [9.17, 15) is 4.79 Å². The molecule has 0 aromatic carbocycles. The summed E-state index contributed by atoms with van der Waals surface area (Å²) in [6.45, 7) is 0. The zero-order valence-corrected chi connectivity index (χ0v) is 10.6. The van der Waals surface area contributed by atoms with E-state index >= 15 is 0 Å². The first-order chi connectivity index (χ1) is 8.63. The normalized spacial score (nSPS) is 42.2. The van der Waals surface area contributed by atoms with E-state index in [1.807, 2.05) is 0 Å². The summed E-state index contributed by atoms with van der Waals surface area (Å²) in [6, 6.07) is -0.825. The number of nitrogens with two attached hydrogens (primary N) is 1. The Kier molecular flexibility index (Phi) is 3.07. The molecule has 4 aliphatic carbocycles. The smallest absolute Gasteiger partial charge is 0.321 e. The van der Waals surface area contributed by atoms with Crippen molar-refractivity contribution < 1.29 is 9.90 Å². The van der Waals surface area contributed by atoms with Crippen molar-refractivity contribution >= 4 is 5.97 Å². The average Bonchev–Trinajstić information content (AvgIpc) is 2.31. The maximum absolute atomic E-state index is 10.6. The molecule has 0 aromatic heterocycles. The van der Waals surface area contributed by atoms with Crippen LogP contribution in [0.2, 0.25) is 0 Å². The lowest BCUT2D eigenvalue weighted by molar-refractivity contribution is -0.138. The van der Waals surface area contributed by atoms with Gasteiger partial charge in [-0.2, -0.15) is 0 Å². The number of hydrogen-bond donors (Lipinski definition) is 2. The monoisotopic (exact) mass is 247 g/mol. The van der Waals surface area contributed by atoms with Crippen LogP contribution in [0.4, 0.5) is 0 Å². The second kappa shape index (κ2) is 4.59. The van der Waals surface area contributed by atoms with Crippen LogP contribution in [-0.2, 0) is 4.79 Å². The van der Waals surface area contributed by atoms with Gasteiger partial charge in [0, 0.05) is 12.3 Å². The van der Waals surface area contributed by atoms with E-state index in [0.29, 0.717) is 5.92 Å². The third kappa shape index (κ3) is 2.14. The third-order valence-corrected chi connectivity index (χ3v) is 5.13. The van der Waals surface area contributed by atoms with E-state index in [1.165, 1.54) is 32.1 Å². The molecule has 4 aliphatic rings. The Bertz CT molecular complexity index is 378. The van der Waals surface area contributed by atoms with Gasteiger partial charge in [0.1, 0.15) is 6.04 Å². The second-order valence-electron chi connectivity index (χ2n) is 6.43. The summed E-state index contributed by atoms with van der Waals surface area (Å²) in [7, 11) is 0. The largest absolute Gasteiger partial charge is 0.480 e. The van der Waals surface area contributed by atoms with Crippen molar-refractivity contribution in [3.8, 4) is 11.8 Å². The topological polar surface area (TPSA) is 63.3 Å². The summed E-state index contributed by atoms with van der Waals surface area (Å²) >= 11 is 0. The molecular formula is C15H21NO2. The summed E-state index contributed by atoms with van der Waals surface area (Å²) in [5.74, 6) is 9.48. The van der Waals surface area contributed by atoms with Gasteiger partial charge in [0.25, 0.3) is 0 Å². The number of carbonyl (C=O) groups is 1. The highest BCUT2D eigenvalue weighted by molar-refractivity contribution is 5.73. The summed E-state index contributed by atoms with van der Waals surface area (Å²) in [4.78, 5) is 10.6. The fourth-order valence-corrected chi connectivity index (χ4v) is 4.53. The zero-order chi connectivity index (χ0) is 12.7. The van der Waals surface area contributed by atoms with E-state index in [1.54, 1.807) is 0 Å². The van der Waals surface area contributed by atoms with E-state index in [-0.39, 0.29) is 6.42 Å². The lowest BCUT2D eigenvalue weighted by Crippen LogP contribution is -2.44. The molecule has 3 nitrogen and oxygen atoms in total. The Labute approximate surface area is 108 Å². The predicted octanol–water partition coefficient (Wildman–Crippen LogP) is 1.86. The molecule has 0 aromatic rings. The molecule has 0 heterocycles. The first kappa shape index (κ1) is 12.0. The summed E-state index contributed by atoms with van der Waals surface area (Å²) in [5.41, 5.74) is 5.47. The van der Waals surface area contributed by atoms with Crippen LogP contribution in [0.3, 0.4) is 0 Å². The van der Waals surface area contributed by atoms with E-state index in [2.05, 4.69) is 11.8 Å². The second-order valence-corrected chi connectivity index (χ2v) is 6.43. The Hall–Kier alpha value is -1.01. The van der Waals surface area contributed by atoms with Gasteiger partial charge in [-0.15, -0.1) is 5.92 Å². The molecule has 4 fully saturated rings. The Morgan fingerprint density at radius 3 is 2.22 bits per heavy atom. The third-order valence-electron chi connectivity index (χ3n) is 5.13. The number of hydrogen-bond acceptors (Lipinski definition) is 2. The molecule has 3 heteroatoms. The molecule has 4 saturated carbocycles. The van der Waals surface area contributed by atoms with Gasteiger partial charge in [-0.25, -0.2) is 0 Å². The molecule has 1 unspecified atom stereocenters. The quantitative estimate of drug-likeness (QED) is 0.732. The highest BCUT2D eigenvalue weighted by atomic mass is 16.4. The standard InChI is InChI=1S/C15H21NO2/c16-14(15(17)18)3-1-2-13-11-5-9-4-10(7-11)8-12(13)6-9/h9-14H,3-8,16H2,(H,17,18). The van der Waals surface area contributed by atoms with Gasteiger partial charge in [0.05, 0.1) is 0 Å². The molecule has 0 amide bonds. The molecular weight excluding hydrogens is 226 g/mol. The predicted molar refractivity (Wildman–Crippen MR) is 68.5 cm³/mol. The fraction of sp³-hybridized carbons (Fsp3) is 0.800. The van der Waals surface area contributed by atoms with Crippen LogP contribution < -0.4 is 5.73 Å². The minimum atomic E-state index is -0.950. The molecule has 3 N–H and O–H groups in total. The van der Waals surface area contributed by atoms with Crippen LogP contribution >= 0.6 is 0 Å². The van der Waals surface area contributed by atoms with Crippen LogP contribution in [-0.4, -0.2) is 17.1 Å². The maximum atomic E-state index is 10.6. The first-order valence-electron chi connectivity index (χ1n) is 7.10. The highest BCUT2D eigenvalue weighted by Gasteiger charge is 2.47. The van der Waals surface area contributed by atoms with Crippen LogP contribution in [0.15, 0.2) is 0 Å². The van der Waals surface area contributed by atoms with Gasteiger partial charge in [0.15, 0.2) is 0 Å². The lowest BCUT2D eigenvalue weighted by Gasteiger charge is -2.53. The molecule has 4 rings (SSSR count). The molecule has 0 saturated heterocycles. The lowest BCUT2D eigenvalue weighted by atomic mass is 9.52. The molecule has 0 radical (unpaired) electrons. The van der Waals surface area contributed by atoms with Gasteiger partial charge in [-0.3, -0.25) is 4.79 Å². The Morgan fingerprint density at radius 1 is 1.17 bits per heavy atom. The van der Waals surface area contributed by atoms with E-state index < -0.39 is 12.0 Å². The van der Waals surface area contributed by atoms with Crippen LogP contribution in [0, 0.1) is 41.4 Å². The van der Waals surface area contributed by atoms with Crippen LogP contribution in [0.1, 0.15) is 38.5 Å². The van der Waals surface area contributed by atoms with Gasteiger partial charge in [-0.05, 0) is 55.8 Å². The fourth-order valence-electron chi connectivity index (χ4n) is 4.53. The summed E-state index contributed by atoms with van der Waals surface area (Å²) < 4.78 is 0. The number of aliphatic carboxylic acids is 1. The Balaban J connectivity index is 1.63. The van der Waals surface area contributed by atoms with Gasteiger partial charge >= 0.3 is 5.97 Å². The number of rotatable bonds is 2. The number of carboxylic acids is 1. The SMILES string of the molecule is NC(CC#CC1C2CC3CC(C2)CC1C3)C(=O)O. The molecule has 1 atom stereocenters. The van der Waals surface area contributed by atoms with Crippen molar-refractivity contribution in [2.45, 2.75) is 44.6 Å². The minimum absolute atomic E-state index is 0.290. The molecule has 18 heavy (non-hydrogen) atoms.